The first kappa shape index (κ1) is 15.2. The third-order valence-electron chi connectivity index (χ3n) is 2.54. The van der Waals surface area contributed by atoms with Gasteiger partial charge in [-0.1, -0.05) is 12.1 Å². The number of nitriles is 1. The highest BCUT2D eigenvalue weighted by Crippen LogP contribution is 2.11. The van der Waals surface area contributed by atoms with Crippen LogP contribution in [0.1, 0.15) is 30.4 Å². The molecule has 0 aliphatic carbocycles. The fourth-order valence-corrected chi connectivity index (χ4v) is 3.13. The maximum absolute atomic E-state index is 11.8. The van der Waals surface area contributed by atoms with Crippen LogP contribution in [-0.2, 0) is 20.4 Å². The Balaban J connectivity index is 2.54. The molecule has 0 fully saturated rings. The van der Waals surface area contributed by atoms with E-state index in [4.69, 9.17) is 10.4 Å². The van der Waals surface area contributed by atoms with Crippen LogP contribution in [0, 0.1) is 11.3 Å². The fraction of sp³-hybridized carbons (Fsp3) is 0.385. The summed E-state index contributed by atoms with van der Waals surface area (Å²) in [6.45, 7) is 0. The van der Waals surface area contributed by atoms with Gasteiger partial charge < -0.3 is 5.11 Å². The van der Waals surface area contributed by atoms with E-state index in [1.165, 1.54) is 0 Å². The van der Waals surface area contributed by atoms with Crippen molar-refractivity contribution in [3.8, 4) is 6.07 Å². The van der Waals surface area contributed by atoms with Crippen molar-refractivity contribution >= 4 is 15.8 Å². The van der Waals surface area contributed by atoms with Gasteiger partial charge >= 0.3 is 5.97 Å². The Morgan fingerprint density at radius 1 is 1.32 bits per heavy atom. The number of carbonyl (C=O) groups is 1. The van der Waals surface area contributed by atoms with E-state index < -0.39 is 15.8 Å². The quantitative estimate of drug-likeness (QED) is 0.768. The summed E-state index contributed by atoms with van der Waals surface area (Å²) in [5, 5.41) is 17.2. The zero-order chi connectivity index (χ0) is 14.3. The Kier molecular flexibility index (Phi) is 5.52. The van der Waals surface area contributed by atoms with E-state index in [0.29, 0.717) is 24.0 Å². The van der Waals surface area contributed by atoms with Gasteiger partial charge in [0, 0.05) is 6.42 Å². The molecular formula is C13H15NO4S. The molecule has 0 spiro atoms. The molecule has 0 aliphatic rings. The Morgan fingerprint density at radius 2 is 2.05 bits per heavy atom. The smallest absolute Gasteiger partial charge is 0.303 e. The molecule has 0 unspecified atom stereocenters. The summed E-state index contributed by atoms with van der Waals surface area (Å²) in [6.07, 6.45) is 0.679. The van der Waals surface area contributed by atoms with Crippen molar-refractivity contribution < 1.29 is 18.3 Å². The average molecular weight is 281 g/mol. The van der Waals surface area contributed by atoms with E-state index in [2.05, 4.69) is 0 Å². The van der Waals surface area contributed by atoms with Crippen LogP contribution < -0.4 is 0 Å². The van der Waals surface area contributed by atoms with Gasteiger partial charge in [-0.05, 0) is 30.5 Å². The van der Waals surface area contributed by atoms with Crippen LogP contribution in [0.2, 0.25) is 0 Å². The molecule has 5 nitrogen and oxygen atoms in total. The highest BCUT2D eigenvalue weighted by molar-refractivity contribution is 7.90. The monoisotopic (exact) mass is 281 g/mol. The summed E-state index contributed by atoms with van der Waals surface area (Å²) in [5.74, 6) is -1.06. The molecule has 102 valence electrons. The highest BCUT2D eigenvalue weighted by Gasteiger charge is 2.12. The summed E-state index contributed by atoms with van der Waals surface area (Å²) < 4.78 is 23.6. The van der Waals surface area contributed by atoms with Gasteiger partial charge in [0.25, 0.3) is 0 Å². The van der Waals surface area contributed by atoms with Gasteiger partial charge in [-0.2, -0.15) is 5.26 Å². The maximum Gasteiger partial charge on any atom is 0.303 e. The SMILES string of the molecule is N#Cc1cccc(CS(=O)(=O)CCCCC(=O)O)c1. The molecule has 1 rings (SSSR count). The Bertz CT molecular complexity index is 587. The van der Waals surface area contributed by atoms with Crippen LogP contribution >= 0.6 is 0 Å². The number of hydrogen-bond acceptors (Lipinski definition) is 4. The first-order valence-electron chi connectivity index (χ1n) is 5.84. The van der Waals surface area contributed by atoms with Crippen LogP contribution in [0.25, 0.3) is 0 Å². The van der Waals surface area contributed by atoms with Gasteiger partial charge in [0.2, 0.25) is 0 Å². The molecule has 0 aromatic heterocycles. The maximum atomic E-state index is 11.8. The fourth-order valence-electron chi connectivity index (χ4n) is 1.65. The molecule has 19 heavy (non-hydrogen) atoms. The van der Waals surface area contributed by atoms with E-state index >= 15 is 0 Å². The minimum atomic E-state index is -3.26. The van der Waals surface area contributed by atoms with Crippen molar-refractivity contribution in [3.63, 3.8) is 0 Å². The molecule has 1 aromatic carbocycles. The van der Waals surface area contributed by atoms with Crippen molar-refractivity contribution in [2.75, 3.05) is 5.75 Å². The van der Waals surface area contributed by atoms with Crippen LogP contribution in [0.4, 0.5) is 0 Å². The minimum absolute atomic E-state index is 0.0144. The Labute approximate surface area is 112 Å². The molecule has 0 bridgehead atoms. The third-order valence-corrected chi connectivity index (χ3v) is 4.22. The zero-order valence-electron chi connectivity index (χ0n) is 10.4. The summed E-state index contributed by atoms with van der Waals surface area (Å²) in [6, 6.07) is 8.43. The van der Waals surface area contributed by atoms with E-state index in [9.17, 15) is 13.2 Å². The molecule has 0 heterocycles. The predicted molar refractivity (Wildman–Crippen MR) is 70.1 cm³/mol. The predicted octanol–water partition coefficient (Wildman–Crippen LogP) is 1.73. The number of sulfone groups is 1. The summed E-state index contributed by atoms with van der Waals surface area (Å²) in [4.78, 5) is 10.3. The number of carboxylic acid groups (broad SMARTS) is 1. The standard InChI is InChI=1S/C13H15NO4S/c14-9-11-4-3-5-12(8-11)10-19(17,18)7-2-1-6-13(15)16/h3-5,8H,1-2,6-7,10H2,(H,15,16). The van der Waals surface area contributed by atoms with Gasteiger partial charge in [-0.3, -0.25) is 4.79 Å². The van der Waals surface area contributed by atoms with Gasteiger partial charge in [0.15, 0.2) is 9.84 Å². The van der Waals surface area contributed by atoms with Crippen molar-refractivity contribution in [2.45, 2.75) is 25.0 Å². The summed E-state index contributed by atoms with van der Waals surface area (Å²) in [5.41, 5.74) is 1.01. The van der Waals surface area contributed by atoms with Crippen molar-refractivity contribution in [2.24, 2.45) is 0 Å². The second-order valence-electron chi connectivity index (χ2n) is 4.26. The number of hydrogen-bond donors (Lipinski definition) is 1. The van der Waals surface area contributed by atoms with Gasteiger partial charge in [-0.25, -0.2) is 8.42 Å². The van der Waals surface area contributed by atoms with E-state index in [1.54, 1.807) is 24.3 Å². The molecule has 0 saturated heterocycles. The lowest BCUT2D eigenvalue weighted by Gasteiger charge is -2.04. The molecule has 1 aromatic rings. The lowest BCUT2D eigenvalue weighted by Crippen LogP contribution is -2.10. The van der Waals surface area contributed by atoms with Crippen LogP contribution in [-0.4, -0.2) is 25.2 Å². The second kappa shape index (κ2) is 6.90. The number of benzene rings is 1. The lowest BCUT2D eigenvalue weighted by molar-refractivity contribution is -0.137. The normalized spacial score (nSPS) is 10.9. The summed E-state index contributed by atoms with van der Waals surface area (Å²) >= 11 is 0. The molecular weight excluding hydrogens is 266 g/mol. The van der Waals surface area contributed by atoms with Gasteiger partial charge in [0.05, 0.1) is 23.1 Å². The van der Waals surface area contributed by atoms with Crippen molar-refractivity contribution in [1.82, 2.24) is 0 Å². The number of unbranched alkanes of at least 4 members (excludes halogenated alkanes) is 1. The van der Waals surface area contributed by atoms with E-state index in [-0.39, 0.29) is 17.9 Å². The van der Waals surface area contributed by atoms with Gasteiger partial charge in [0.1, 0.15) is 0 Å². The molecule has 0 aliphatic heterocycles. The number of nitrogens with zero attached hydrogens (tertiary/aromatic N) is 1. The summed E-state index contributed by atoms with van der Waals surface area (Å²) in [7, 11) is -3.26. The lowest BCUT2D eigenvalue weighted by atomic mass is 10.2. The van der Waals surface area contributed by atoms with Gasteiger partial charge in [-0.15, -0.1) is 0 Å². The van der Waals surface area contributed by atoms with Crippen molar-refractivity contribution in [3.05, 3.63) is 35.4 Å². The van der Waals surface area contributed by atoms with Crippen LogP contribution in [0.15, 0.2) is 24.3 Å². The second-order valence-corrected chi connectivity index (χ2v) is 6.44. The average Bonchev–Trinajstić information content (AvgIpc) is 2.34. The largest absolute Gasteiger partial charge is 0.481 e. The molecule has 6 heteroatoms. The zero-order valence-corrected chi connectivity index (χ0v) is 11.2. The number of aliphatic carboxylic acids is 1. The highest BCUT2D eigenvalue weighted by atomic mass is 32.2. The molecule has 1 N–H and O–H groups in total. The van der Waals surface area contributed by atoms with Crippen molar-refractivity contribution in [1.29, 1.82) is 5.26 Å². The van der Waals surface area contributed by atoms with Crippen LogP contribution in [0.5, 0.6) is 0 Å². The third kappa shape index (κ3) is 6.02. The topological polar surface area (TPSA) is 95.2 Å². The Morgan fingerprint density at radius 3 is 2.68 bits per heavy atom. The number of carboxylic acids is 1. The minimum Gasteiger partial charge on any atom is -0.481 e. The first-order valence-corrected chi connectivity index (χ1v) is 7.66. The van der Waals surface area contributed by atoms with E-state index in [1.807, 2.05) is 6.07 Å². The van der Waals surface area contributed by atoms with Crippen LogP contribution in [0.3, 0.4) is 0 Å². The Hall–Kier alpha value is -1.87. The molecule has 0 saturated carbocycles. The first-order chi connectivity index (χ1) is 8.93. The molecule has 0 amide bonds. The molecule has 0 atom stereocenters. The molecule has 0 radical (unpaired) electrons. The number of rotatable bonds is 7. The van der Waals surface area contributed by atoms with E-state index in [0.717, 1.165) is 0 Å².